The van der Waals surface area contributed by atoms with E-state index in [-0.39, 0.29) is 11.6 Å². The summed E-state index contributed by atoms with van der Waals surface area (Å²) >= 11 is 0. The number of hydrogen-bond donors (Lipinski definition) is 3. The number of H-pyrrole nitrogens is 2. The molecule has 2 aromatic heterocycles. The first kappa shape index (κ1) is 11.2. The Labute approximate surface area is 107 Å². The Morgan fingerprint density at radius 2 is 2.00 bits per heavy atom. The Morgan fingerprint density at radius 1 is 1.16 bits per heavy atom. The quantitative estimate of drug-likeness (QED) is 0.647. The molecule has 3 N–H and O–H groups in total. The van der Waals surface area contributed by atoms with Gasteiger partial charge in [-0.3, -0.25) is 9.78 Å². The number of nitrogens with one attached hydrogen (secondary N) is 3. The number of nitrogens with zero attached hydrogens (tertiary/aromatic N) is 1. The van der Waals surface area contributed by atoms with Crippen molar-refractivity contribution in [2.75, 3.05) is 5.32 Å². The van der Waals surface area contributed by atoms with Gasteiger partial charge in [-0.1, -0.05) is 0 Å². The topological polar surface area (TPSA) is 90.6 Å². The number of benzene rings is 1. The highest BCUT2D eigenvalue weighted by Crippen LogP contribution is 2.15. The predicted octanol–water partition coefficient (Wildman–Crippen LogP) is 1.50. The second-order valence-electron chi connectivity index (χ2n) is 4.04. The van der Waals surface area contributed by atoms with Crippen molar-refractivity contribution in [3.63, 3.8) is 0 Å². The molecule has 3 aromatic rings. The van der Waals surface area contributed by atoms with Gasteiger partial charge in [-0.2, -0.15) is 0 Å². The molecular weight excluding hydrogens is 244 g/mol. The largest absolute Gasteiger partial charge is 0.323 e. The van der Waals surface area contributed by atoms with Crippen molar-refractivity contribution < 1.29 is 4.79 Å². The number of aromatic amines is 2. The molecule has 6 nitrogen and oxygen atoms in total. The van der Waals surface area contributed by atoms with Crippen LogP contribution < -0.4 is 11.0 Å². The summed E-state index contributed by atoms with van der Waals surface area (Å²) < 4.78 is 0. The van der Waals surface area contributed by atoms with E-state index in [1.807, 2.05) is 0 Å². The molecular formula is C13H10N4O2. The van der Waals surface area contributed by atoms with Crippen molar-refractivity contribution in [1.29, 1.82) is 0 Å². The molecule has 0 aliphatic carbocycles. The van der Waals surface area contributed by atoms with Crippen molar-refractivity contribution in [2.45, 2.75) is 0 Å². The van der Waals surface area contributed by atoms with Crippen molar-refractivity contribution in [2.24, 2.45) is 0 Å². The van der Waals surface area contributed by atoms with Crippen LogP contribution in [0.1, 0.15) is 10.4 Å². The average molecular weight is 254 g/mol. The van der Waals surface area contributed by atoms with Crippen LogP contribution in [0.5, 0.6) is 0 Å². The number of aromatic nitrogens is 3. The molecule has 0 atom stereocenters. The Bertz CT molecular complexity index is 789. The van der Waals surface area contributed by atoms with Crippen LogP contribution in [0.2, 0.25) is 0 Å². The van der Waals surface area contributed by atoms with Crippen LogP contribution in [0.25, 0.3) is 11.0 Å². The van der Waals surface area contributed by atoms with Crippen molar-refractivity contribution in [1.82, 2.24) is 15.0 Å². The standard InChI is InChI=1S/C13H10N4O2/c18-12(8-2-1-5-14-7-8)15-9-3-4-10-11(6-9)17-13(19)16-10/h1-7H,(H,15,18)(H2,16,17,19). The fourth-order valence-electron chi connectivity index (χ4n) is 1.81. The van der Waals surface area contributed by atoms with Crippen LogP contribution >= 0.6 is 0 Å². The van der Waals surface area contributed by atoms with Gasteiger partial charge >= 0.3 is 5.69 Å². The minimum atomic E-state index is -0.272. The molecule has 2 heterocycles. The Morgan fingerprint density at radius 3 is 2.79 bits per heavy atom. The molecule has 6 heteroatoms. The second kappa shape index (κ2) is 4.41. The molecule has 0 bridgehead atoms. The van der Waals surface area contributed by atoms with Crippen molar-refractivity contribution in [3.8, 4) is 0 Å². The van der Waals surface area contributed by atoms with Crippen LogP contribution in [0, 0.1) is 0 Å². The predicted molar refractivity (Wildman–Crippen MR) is 71.1 cm³/mol. The molecule has 0 spiro atoms. The molecule has 1 aromatic carbocycles. The van der Waals surface area contributed by atoms with E-state index in [1.54, 1.807) is 36.5 Å². The van der Waals surface area contributed by atoms with Gasteiger partial charge < -0.3 is 15.3 Å². The van der Waals surface area contributed by atoms with Gasteiger partial charge in [0.05, 0.1) is 16.6 Å². The van der Waals surface area contributed by atoms with E-state index in [0.29, 0.717) is 22.3 Å². The fraction of sp³-hybridized carbons (Fsp3) is 0. The summed E-state index contributed by atoms with van der Waals surface area (Å²) in [6.07, 6.45) is 3.10. The minimum Gasteiger partial charge on any atom is -0.322 e. The molecule has 0 aliphatic rings. The zero-order valence-corrected chi connectivity index (χ0v) is 9.81. The van der Waals surface area contributed by atoms with Crippen LogP contribution in [-0.4, -0.2) is 20.9 Å². The molecule has 0 aliphatic heterocycles. The lowest BCUT2D eigenvalue weighted by Crippen LogP contribution is -2.11. The van der Waals surface area contributed by atoms with Gasteiger partial charge in [-0.15, -0.1) is 0 Å². The SMILES string of the molecule is O=C(Nc1ccc2[nH]c(=O)[nH]c2c1)c1cccnc1. The molecule has 0 fully saturated rings. The number of amides is 1. The van der Waals surface area contributed by atoms with Gasteiger partial charge in [0.25, 0.3) is 5.91 Å². The normalized spacial score (nSPS) is 10.5. The highest BCUT2D eigenvalue weighted by molar-refractivity contribution is 6.04. The van der Waals surface area contributed by atoms with Crippen LogP contribution in [0.15, 0.2) is 47.5 Å². The minimum absolute atomic E-state index is 0.245. The van der Waals surface area contributed by atoms with E-state index in [4.69, 9.17) is 0 Å². The lowest BCUT2D eigenvalue weighted by Gasteiger charge is -2.04. The van der Waals surface area contributed by atoms with E-state index >= 15 is 0 Å². The summed E-state index contributed by atoms with van der Waals surface area (Å²) in [6.45, 7) is 0. The first-order valence-corrected chi connectivity index (χ1v) is 5.66. The monoisotopic (exact) mass is 254 g/mol. The third-order valence-corrected chi connectivity index (χ3v) is 2.70. The van der Waals surface area contributed by atoms with E-state index in [2.05, 4.69) is 20.3 Å². The number of rotatable bonds is 2. The maximum absolute atomic E-state index is 11.9. The van der Waals surface area contributed by atoms with Crippen LogP contribution in [0.3, 0.4) is 0 Å². The van der Waals surface area contributed by atoms with Gasteiger partial charge in [-0.25, -0.2) is 4.79 Å². The maximum atomic E-state index is 11.9. The van der Waals surface area contributed by atoms with Crippen LogP contribution in [-0.2, 0) is 0 Å². The van der Waals surface area contributed by atoms with Crippen molar-refractivity contribution in [3.05, 3.63) is 58.8 Å². The number of carbonyl (C=O) groups excluding carboxylic acids is 1. The zero-order chi connectivity index (χ0) is 13.2. The highest BCUT2D eigenvalue weighted by Gasteiger charge is 2.06. The molecule has 94 valence electrons. The lowest BCUT2D eigenvalue weighted by atomic mass is 10.2. The highest BCUT2D eigenvalue weighted by atomic mass is 16.2. The smallest absolute Gasteiger partial charge is 0.322 e. The molecule has 19 heavy (non-hydrogen) atoms. The summed E-state index contributed by atoms with van der Waals surface area (Å²) in [7, 11) is 0. The van der Waals surface area contributed by atoms with Gasteiger partial charge in [0, 0.05) is 18.1 Å². The number of carbonyl (C=O) groups is 1. The van der Waals surface area contributed by atoms with E-state index in [9.17, 15) is 9.59 Å². The molecule has 0 unspecified atom stereocenters. The third-order valence-electron chi connectivity index (χ3n) is 2.70. The van der Waals surface area contributed by atoms with E-state index < -0.39 is 0 Å². The molecule has 3 rings (SSSR count). The lowest BCUT2D eigenvalue weighted by molar-refractivity contribution is 0.102. The van der Waals surface area contributed by atoms with Gasteiger partial charge in [0.2, 0.25) is 0 Å². The van der Waals surface area contributed by atoms with Gasteiger partial charge in [0.15, 0.2) is 0 Å². The third kappa shape index (κ3) is 2.23. The summed E-state index contributed by atoms with van der Waals surface area (Å²) in [5.74, 6) is -0.245. The first-order chi connectivity index (χ1) is 9.22. The number of pyridine rings is 1. The number of hydrogen-bond acceptors (Lipinski definition) is 3. The molecule has 0 radical (unpaired) electrons. The van der Waals surface area contributed by atoms with Crippen molar-refractivity contribution >= 4 is 22.6 Å². The maximum Gasteiger partial charge on any atom is 0.323 e. The van der Waals surface area contributed by atoms with Gasteiger partial charge in [-0.05, 0) is 30.3 Å². The zero-order valence-electron chi connectivity index (χ0n) is 9.81. The second-order valence-corrected chi connectivity index (χ2v) is 4.04. The fourth-order valence-corrected chi connectivity index (χ4v) is 1.81. The van der Waals surface area contributed by atoms with Gasteiger partial charge in [0.1, 0.15) is 0 Å². The molecule has 0 saturated heterocycles. The number of fused-ring (bicyclic) bond motifs is 1. The van der Waals surface area contributed by atoms with Crippen LogP contribution in [0.4, 0.5) is 5.69 Å². The summed E-state index contributed by atoms with van der Waals surface area (Å²) in [5.41, 5.74) is 2.16. The van der Waals surface area contributed by atoms with E-state index in [1.165, 1.54) is 6.20 Å². The number of anilines is 1. The molecule has 0 saturated carbocycles. The first-order valence-electron chi connectivity index (χ1n) is 5.66. The van der Waals surface area contributed by atoms with E-state index in [0.717, 1.165) is 0 Å². The molecule has 1 amide bonds. The Balaban J connectivity index is 1.89. The Kier molecular flexibility index (Phi) is 2.60. The number of imidazole rings is 1. The summed E-state index contributed by atoms with van der Waals surface area (Å²) in [4.78, 5) is 32.2. The Hall–Kier alpha value is -2.89. The average Bonchev–Trinajstić information content (AvgIpc) is 2.79. The summed E-state index contributed by atoms with van der Waals surface area (Å²) in [6, 6.07) is 8.52. The summed E-state index contributed by atoms with van der Waals surface area (Å²) in [5, 5.41) is 2.74.